The lowest BCUT2D eigenvalue weighted by Crippen LogP contribution is -1.93. The average molecular weight is 526 g/mol. The van der Waals surface area contributed by atoms with Crippen LogP contribution in [0.2, 0.25) is 0 Å². The van der Waals surface area contributed by atoms with Crippen molar-refractivity contribution >= 4 is 74.9 Å². The summed E-state index contributed by atoms with van der Waals surface area (Å²) in [4.78, 5) is 0. The Morgan fingerprint density at radius 3 is 2.10 bits per heavy atom. The number of fused-ring (bicyclic) bond motifs is 9. The summed E-state index contributed by atoms with van der Waals surface area (Å²) >= 11 is 1.89. The van der Waals surface area contributed by atoms with E-state index in [1.165, 1.54) is 80.3 Å². The van der Waals surface area contributed by atoms with Crippen molar-refractivity contribution in [1.29, 1.82) is 0 Å². The predicted molar refractivity (Wildman–Crippen MR) is 174 cm³/mol. The maximum Gasteiger partial charge on any atom is 0.0548 e. The van der Waals surface area contributed by atoms with E-state index in [0.29, 0.717) is 0 Å². The van der Waals surface area contributed by atoms with E-state index in [1.807, 2.05) is 11.3 Å². The molecule has 2 aromatic heterocycles. The smallest absolute Gasteiger partial charge is 0.0548 e. The van der Waals surface area contributed by atoms with Crippen molar-refractivity contribution in [3.63, 3.8) is 0 Å². The van der Waals surface area contributed by atoms with Crippen molar-refractivity contribution in [2.75, 3.05) is 0 Å². The van der Waals surface area contributed by atoms with Crippen molar-refractivity contribution in [1.82, 2.24) is 4.57 Å². The second-order valence-electron chi connectivity index (χ2n) is 10.6. The Labute approximate surface area is 235 Å². The lowest BCUT2D eigenvalue weighted by atomic mass is 9.96. The molecule has 7 aromatic carbocycles. The van der Waals surface area contributed by atoms with Gasteiger partial charge in [-0.1, -0.05) is 97.1 Å². The summed E-state index contributed by atoms with van der Waals surface area (Å²) in [5.74, 6) is 0. The minimum absolute atomic E-state index is 1.19. The van der Waals surface area contributed by atoms with Crippen LogP contribution in [0.15, 0.2) is 140 Å². The molecule has 9 aromatic rings. The maximum atomic E-state index is 2.45. The van der Waals surface area contributed by atoms with E-state index in [-0.39, 0.29) is 0 Å². The van der Waals surface area contributed by atoms with Gasteiger partial charge >= 0.3 is 0 Å². The van der Waals surface area contributed by atoms with Gasteiger partial charge < -0.3 is 4.57 Å². The first-order chi connectivity index (χ1) is 19.8. The van der Waals surface area contributed by atoms with E-state index in [2.05, 4.69) is 144 Å². The number of rotatable bonds is 2. The Hall–Kier alpha value is -4.92. The number of hydrogen-bond donors (Lipinski definition) is 0. The largest absolute Gasteiger partial charge is 0.309 e. The standard InChI is InChI=1S/C38H23NS/c1-2-10-26-22-28(18-16-24(26)8-1)39-33-19-17-27(30-14-7-11-25-9-3-4-12-29(25)30)23-32(33)37-34(39)20-21-36-38(37)31-13-5-6-15-35(31)40-36/h1-23H. The van der Waals surface area contributed by atoms with E-state index in [0.717, 1.165) is 0 Å². The molecule has 0 saturated heterocycles. The fourth-order valence-corrected chi connectivity index (χ4v) is 7.68. The SMILES string of the molecule is c1ccc2cc(-n3c4ccc(-c5cccc6ccccc56)cc4c4c5c(ccc43)sc3ccccc35)ccc2c1. The van der Waals surface area contributed by atoms with E-state index in [1.54, 1.807) is 0 Å². The van der Waals surface area contributed by atoms with Gasteiger partial charge in [0.2, 0.25) is 0 Å². The first-order valence-electron chi connectivity index (χ1n) is 13.7. The van der Waals surface area contributed by atoms with Crippen molar-refractivity contribution < 1.29 is 0 Å². The average Bonchev–Trinajstić information content (AvgIpc) is 3.55. The number of benzene rings is 7. The fraction of sp³-hybridized carbons (Fsp3) is 0. The summed E-state index contributed by atoms with van der Waals surface area (Å²) < 4.78 is 5.12. The van der Waals surface area contributed by atoms with Gasteiger partial charge in [-0.2, -0.15) is 0 Å². The van der Waals surface area contributed by atoms with E-state index in [9.17, 15) is 0 Å². The minimum atomic E-state index is 1.19. The van der Waals surface area contributed by atoms with Crippen LogP contribution in [-0.2, 0) is 0 Å². The highest BCUT2D eigenvalue weighted by Gasteiger charge is 2.19. The number of aromatic nitrogens is 1. The highest BCUT2D eigenvalue weighted by atomic mass is 32.1. The van der Waals surface area contributed by atoms with Gasteiger partial charge in [0, 0.05) is 36.6 Å². The second kappa shape index (κ2) is 8.29. The molecule has 0 aliphatic rings. The fourth-order valence-electron chi connectivity index (χ4n) is 6.56. The van der Waals surface area contributed by atoms with E-state index in [4.69, 9.17) is 0 Å². The minimum Gasteiger partial charge on any atom is -0.309 e. The molecule has 0 unspecified atom stereocenters. The van der Waals surface area contributed by atoms with E-state index >= 15 is 0 Å². The summed E-state index contributed by atoms with van der Waals surface area (Å²) in [7, 11) is 0. The summed E-state index contributed by atoms with van der Waals surface area (Å²) in [5.41, 5.74) is 6.19. The predicted octanol–water partition coefficient (Wildman–Crippen LogP) is 11.1. The van der Waals surface area contributed by atoms with Crippen molar-refractivity contribution in [3.05, 3.63) is 140 Å². The molecule has 9 rings (SSSR count). The van der Waals surface area contributed by atoms with Crippen LogP contribution >= 0.6 is 11.3 Å². The van der Waals surface area contributed by atoms with Gasteiger partial charge in [-0.25, -0.2) is 0 Å². The first-order valence-corrected chi connectivity index (χ1v) is 14.5. The van der Waals surface area contributed by atoms with Crippen LogP contribution in [-0.4, -0.2) is 4.57 Å². The van der Waals surface area contributed by atoms with Gasteiger partial charge in [0.05, 0.1) is 11.0 Å². The molecule has 0 N–H and O–H groups in total. The van der Waals surface area contributed by atoms with Crippen LogP contribution in [0.5, 0.6) is 0 Å². The normalized spacial score (nSPS) is 12.0. The Kier molecular flexibility index (Phi) is 4.55. The Morgan fingerprint density at radius 1 is 0.425 bits per heavy atom. The van der Waals surface area contributed by atoms with Gasteiger partial charge in [0.15, 0.2) is 0 Å². The molecule has 40 heavy (non-hydrogen) atoms. The van der Waals surface area contributed by atoms with Gasteiger partial charge in [0.25, 0.3) is 0 Å². The third-order valence-electron chi connectivity index (χ3n) is 8.36. The van der Waals surface area contributed by atoms with E-state index < -0.39 is 0 Å². The molecule has 0 bridgehead atoms. The van der Waals surface area contributed by atoms with Crippen LogP contribution in [0.1, 0.15) is 0 Å². The van der Waals surface area contributed by atoms with Crippen molar-refractivity contribution in [2.45, 2.75) is 0 Å². The third-order valence-corrected chi connectivity index (χ3v) is 9.50. The molecule has 2 heteroatoms. The summed E-state index contributed by atoms with van der Waals surface area (Å²) in [6.45, 7) is 0. The summed E-state index contributed by atoms with van der Waals surface area (Å²) in [6, 6.07) is 51.2. The molecule has 0 saturated carbocycles. The van der Waals surface area contributed by atoms with Crippen molar-refractivity contribution in [2.24, 2.45) is 0 Å². The molecule has 0 fully saturated rings. The maximum absolute atomic E-state index is 2.45. The molecule has 0 amide bonds. The summed E-state index contributed by atoms with van der Waals surface area (Å²) in [6.07, 6.45) is 0. The zero-order chi connectivity index (χ0) is 26.2. The van der Waals surface area contributed by atoms with Crippen LogP contribution in [0.3, 0.4) is 0 Å². The molecule has 186 valence electrons. The van der Waals surface area contributed by atoms with Gasteiger partial charge in [-0.3, -0.25) is 0 Å². The molecule has 0 radical (unpaired) electrons. The van der Waals surface area contributed by atoms with Crippen LogP contribution in [0.4, 0.5) is 0 Å². The quantitative estimate of drug-likeness (QED) is 0.211. The molecule has 0 aliphatic heterocycles. The zero-order valence-corrected chi connectivity index (χ0v) is 22.5. The van der Waals surface area contributed by atoms with Crippen LogP contribution < -0.4 is 0 Å². The van der Waals surface area contributed by atoms with Crippen LogP contribution in [0, 0.1) is 0 Å². The van der Waals surface area contributed by atoms with Crippen LogP contribution in [0.25, 0.3) is 80.3 Å². The Morgan fingerprint density at radius 2 is 1.18 bits per heavy atom. The molecule has 0 atom stereocenters. The second-order valence-corrected chi connectivity index (χ2v) is 11.6. The first kappa shape index (κ1) is 22.0. The third kappa shape index (κ3) is 3.08. The number of nitrogens with zero attached hydrogens (tertiary/aromatic N) is 1. The summed E-state index contributed by atoms with van der Waals surface area (Å²) in [5, 5.41) is 10.4. The molecule has 2 heterocycles. The highest BCUT2D eigenvalue weighted by molar-refractivity contribution is 7.26. The molecular weight excluding hydrogens is 502 g/mol. The molecule has 0 aliphatic carbocycles. The lowest BCUT2D eigenvalue weighted by molar-refractivity contribution is 1.19. The molecule has 0 spiro atoms. The lowest BCUT2D eigenvalue weighted by Gasteiger charge is -2.10. The Balaban J connectivity index is 1.44. The monoisotopic (exact) mass is 525 g/mol. The zero-order valence-electron chi connectivity index (χ0n) is 21.6. The van der Waals surface area contributed by atoms with Gasteiger partial charge in [-0.15, -0.1) is 11.3 Å². The Bertz CT molecular complexity index is 2430. The number of thiophene rings is 1. The topological polar surface area (TPSA) is 4.93 Å². The molecule has 1 nitrogen and oxygen atoms in total. The highest BCUT2D eigenvalue weighted by Crippen LogP contribution is 2.44. The number of hydrogen-bond acceptors (Lipinski definition) is 1. The van der Waals surface area contributed by atoms with Gasteiger partial charge in [0.1, 0.15) is 0 Å². The van der Waals surface area contributed by atoms with Crippen molar-refractivity contribution in [3.8, 4) is 16.8 Å². The van der Waals surface area contributed by atoms with Gasteiger partial charge in [-0.05, 0) is 75.1 Å². The molecular formula is C38H23NS.